The van der Waals surface area contributed by atoms with Gasteiger partial charge in [-0.25, -0.2) is 0 Å². The maximum atomic E-state index is 12.7. The summed E-state index contributed by atoms with van der Waals surface area (Å²) in [5.74, 6) is 2.03. The quantitative estimate of drug-likeness (QED) is 0.852. The van der Waals surface area contributed by atoms with E-state index in [1.165, 1.54) is 0 Å². The standard InChI is InChI=1S/C16H32N2O/c1-10(2)7-13(5)18(6)16(19)14-9-15(17)12(4)8-11(14)3/h10-15H,7-9,17H2,1-6H3. The van der Waals surface area contributed by atoms with Crippen LogP contribution in [0.2, 0.25) is 0 Å². The second-order valence-electron chi connectivity index (χ2n) is 7.12. The van der Waals surface area contributed by atoms with E-state index in [2.05, 4.69) is 34.6 Å². The van der Waals surface area contributed by atoms with E-state index in [0.717, 1.165) is 19.3 Å². The lowest BCUT2D eigenvalue weighted by atomic mass is 9.72. The molecule has 0 heterocycles. The molecule has 3 nitrogen and oxygen atoms in total. The Morgan fingerprint density at radius 1 is 1.21 bits per heavy atom. The van der Waals surface area contributed by atoms with Crippen LogP contribution in [0.3, 0.4) is 0 Å². The second kappa shape index (κ2) is 6.74. The Balaban J connectivity index is 2.65. The smallest absolute Gasteiger partial charge is 0.225 e. The van der Waals surface area contributed by atoms with Crippen LogP contribution >= 0.6 is 0 Å². The van der Waals surface area contributed by atoms with Gasteiger partial charge in [-0.05, 0) is 43.9 Å². The molecule has 5 atom stereocenters. The molecular weight excluding hydrogens is 236 g/mol. The Labute approximate surface area is 118 Å². The predicted molar refractivity (Wildman–Crippen MR) is 80.7 cm³/mol. The Kier molecular flexibility index (Phi) is 5.84. The lowest BCUT2D eigenvalue weighted by Gasteiger charge is -2.39. The number of carbonyl (C=O) groups is 1. The Morgan fingerprint density at radius 3 is 2.32 bits per heavy atom. The number of amides is 1. The largest absolute Gasteiger partial charge is 0.343 e. The van der Waals surface area contributed by atoms with E-state index < -0.39 is 0 Å². The fourth-order valence-corrected chi connectivity index (χ4v) is 3.35. The molecule has 112 valence electrons. The van der Waals surface area contributed by atoms with Gasteiger partial charge in [0.2, 0.25) is 5.91 Å². The number of hydrogen-bond donors (Lipinski definition) is 1. The van der Waals surface area contributed by atoms with Crippen LogP contribution in [0, 0.1) is 23.7 Å². The molecule has 0 radical (unpaired) electrons. The third-order valence-electron chi connectivity index (χ3n) is 4.83. The first-order valence-electron chi connectivity index (χ1n) is 7.76. The topological polar surface area (TPSA) is 46.3 Å². The molecule has 1 aliphatic carbocycles. The van der Waals surface area contributed by atoms with Crippen molar-refractivity contribution in [2.45, 2.75) is 66.0 Å². The van der Waals surface area contributed by atoms with Crippen LogP contribution in [0.5, 0.6) is 0 Å². The summed E-state index contributed by atoms with van der Waals surface area (Å²) in [7, 11) is 1.95. The number of hydrogen-bond acceptors (Lipinski definition) is 2. The molecule has 1 saturated carbocycles. The summed E-state index contributed by atoms with van der Waals surface area (Å²) in [6, 6.07) is 0.495. The van der Waals surface area contributed by atoms with Crippen LogP contribution in [-0.2, 0) is 4.79 Å². The van der Waals surface area contributed by atoms with E-state index in [-0.39, 0.29) is 12.0 Å². The van der Waals surface area contributed by atoms with Gasteiger partial charge in [-0.1, -0.05) is 27.7 Å². The van der Waals surface area contributed by atoms with Gasteiger partial charge in [-0.3, -0.25) is 4.79 Å². The molecule has 5 unspecified atom stereocenters. The highest BCUT2D eigenvalue weighted by molar-refractivity contribution is 5.79. The average Bonchev–Trinajstić information content (AvgIpc) is 2.31. The summed E-state index contributed by atoms with van der Waals surface area (Å²) in [5.41, 5.74) is 6.15. The van der Waals surface area contributed by atoms with Crippen LogP contribution in [0.4, 0.5) is 0 Å². The summed E-state index contributed by atoms with van der Waals surface area (Å²) < 4.78 is 0. The first-order chi connectivity index (χ1) is 8.73. The predicted octanol–water partition coefficient (Wildman–Crippen LogP) is 2.89. The summed E-state index contributed by atoms with van der Waals surface area (Å²) in [4.78, 5) is 14.6. The molecular formula is C16H32N2O. The zero-order chi connectivity index (χ0) is 14.7. The maximum absolute atomic E-state index is 12.7. The van der Waals surface area contributed by atoms with Crippen molar-refractivity contribution in [3.8, 4) is 0 Å². The van der Waals surface area contributed by atoms with Gasteiger partial charge in [0.05, 0.1) is 0 Å². The molecule has 1 aliphatic rings. The highest BCUT2D eigenvalue weighted by atomic mass is 16.2. The number of rotatable bonds is 4. The van der Waals surface area contributed by atoms with Gasteiger partial charge in [0.1, 0.15) is 0 Å². The third kappa shape index (κ3) is 4.20. The Morgan fingerprint density at radius 2 is 1.79 bits per heavy atom. The maximum Gasteiger partial charge on any atom is 0.225 e. The molecule has 0 aromatic heterocycles. The fourth-order valence-electron chi connectivity index (χ4n) is 3.35. The van der Waals surface area contributed by atoms with Crippen LogP contribution in [0.15, 0.2) is 0 Å². The van der Waals surface area contributed by atoms with Gasteiger partial charge < -0.3 is 10.6 Å². The van der Waals surface area contributed by atoms with Crippen molar-refractivity contribution in [2.75, 3.05) is 7.05 Å². The minimum atomic E-state index is 0.116. The van der Waals surface area contributed by atoms with Crippen molar-refractivity contribution in [1.29, 1.82) is 0 Å². The monoisotopic (exact) mass is 268 g/mol. The van der Waals surface area contributed by atoms with Gasteiger partial charge in [0, 0.05) is 25.0 Å². The highest BCUT2D eigenvalue weighted by Gasteiger charge is 2.37. The molecule has 0 spiro atoms. The first-order valence-corrected chi connectivity index (χ1v) is 7.76. The molecule has 0 saturated heterocycles. The lowest BCUT2D eigenvalue weighted by Crippen LogP contribution is -2.47. The van der Waals surface area contributed by atoms with Gasteiger partial charge in [-0.2, -0.15) is 0 Å². The van der Waals surface area contributed by atoms with E-state index in [4.69, 9.17) is 5.73 Å². The lowest BCUT2D eigenvalue weighted by molar-refractivity contribution is -0.139. The van der Waals surface area contributed by atoms with Gasteiger partial charge in [0.25, 0.3) is 0 Å². The molecule has 0 aliphatic heterocycles. The zero-order valence-corrected chi connectivity index (χ0v) is 13.5. The van der Waals surface area contributed by atoms with Gasteiger partial charge in [0.15, 0.2) is 0 Å². The summed E-state index contributed by atoms with van der Waals surface area (Å²) in [6.45, 7) is 11.0. The third-order valence-corrected chi connectivity index (χ3v) is 4.83. The summed E-state index contributed by atoms with van der Waals surface area (Å²) >= 11 is 0. The van der Waals surface area contributed by atoms with E-state index in [1.54, 1.807) is 0 Å². The number of nitrogens with zero attached hydrogens (tertiary/aromatic N) is 1. The highest BCUT2D eigenvalue weighted by Crippen LogP contribution is 2.34. The molecule has 1 amide bonds. The normalized spacial score (nSPS) is 33.3. The van der Waals surface area contributed by atoms with Gasteiger partial charge in [-0.15, -0.1) is 0 Å². The Hall–Kier alpha value is -0.570. The SMILES string of the molecule is CC(C)CC(C)N(C)C(=O)C1CC(N)C(C)CC1C. The van der Waals surface area contributed by atoms with E-state index in [9.17, 15) is 4.79 Å². The first kappa shape index (κ1) is 16.5. The van der Waals surface area contributed by atoms with Crippen LogP contribution < -0.4 is 5.73 Å². The van der Waals surface area contributed by atoms with E-state index in [1.807, 2.05) is 11.9 Å². The number of nitrogens with two attached hydrogens (primary N) is 1. The number of carbonyl (C=O) groups excluding carboxylic acids is 1. The molecule has 1 rings (SSSR count). The molecule has 0 bridgehead atoms. The van der Waals surface area contributed by atoms with Crippen molar-refractivity contribution >= 4 is 5.91 Å². The van der Waals surface area contributed by atoms with Crippen molar-refractivity contribution in [3.05, 3.63) is 0 Å². The van der Waals surface area contributed by atoms with E-state index in [0.29, 0.717) is 29.7 Å². The zero-order valence-electron chi connectivity index (χ0n) is 13.5. The molecule has 19 heavy (non-hydrogen) atoms. The molecule has 3 heteroatoms. The Bertz CT molecular complexity index is 303. The average molecular weight is 268 g/mol. The minimum Gasteiger partial charge on any atom is -0.343 e. The van der Waals surface area contributed by atoms with Crippen molar-refractivity contribution in [3.63, 3.8) is 0 Å². The fraction of sp³-hybridized carbons (Fsp3) is 0.938. The second-order valence-corrected chi connectivity index (χ2v) is 7.12. The summed E-state index contributed by atoms with van der Waals surface area (Å²) in [6.07, 6.45) is 2.98. The van der Waals surface area contributed by atoms with Crippen molar-refractivity contribution < 1.29 is 4.79 Å². The van der Waals surface area contributed by atoms with Crippen LogP contribution in [0.1, 0.15) is 53.9 Å². The summed E-state index contributed by atoms with van der Waals surface area (Å²) in [5, 5.41) is 0. The van der Waals surface area contributed by atoms with Crippen molar-refractivity contribution in [1.82, 2.24) is 4.90 Å². The van der Waals surface area contributed by atoms with Crippen LogP contribution in [-0.4, -0.2) is 29.9 Å². The molecule has 0 aromatic carbocycles. The van der Waals surface area contributed by atoms with Gasteiger partial charge >= 0.3 is 0 Å². The molecule has 2 N–H and O–H groups in total. The molecule has 1 fully saturated rings. The van der Waals surface area contributed by atoms with Crippen LogP contribution in [0.25, 0.3) is 0 Å². The van der Waals surface area contributed by atoms with E-state index >= 15 is 0 Å². The van der Waals surface area contributed by atoms with Crippen molar-refractivity contribution in [2.24, 2.45) is 29.4 Å². The molecule has 0 aromatic rings. The minimum absolute atomic E-state index is 0.116.